The van der Waals surface area contributed by atoms with E-state index in [1.165, 1.54) is 0 Å². The number of likely N-dealkylation sites (tertiary alicyclic amines) is 1. The lowest BCUT2D eigenvalue weighted by Crippen LogP contribution is -2.52. The van der Waals surface area contributed by atoms with E-state index in [1.807, 2.05) is 26.6 Å². The van der Waals surface area contributed by atoms with Gasteiger partial charge in [-0.3, -0.25) is 9.59 Å². The first-order valence-corrected chi connectivity index (χ1v) is 9.30. The van der Waals surface area contributed by atoms with Crippen LogP contribution < -0.4 is 4.90 Å². The summed E-state index contributed by atoms with van der Waals surface area (Å²) in [6.07, 6.45) is 2.43. The molecule has 4 rings (SSSR count). The Morgan fingerprint density at radius 2 is 2.13 bits per heavy atom. The summed E-state index contributed by atoms with van der Waals surface area (Å²) in [5, 5.41) is 3.98. The van der Waals surface area contributed by atoms with Crippen molar-refractivity contribution in [1.82, 2.24) is 4.90 Å². The molecule has 1 saturated carbocycles. The van der Waals surface area contributed by atoms with Crippen molar-refractivity contribution in [1.29, 1.82) is 0 Å². The number of halogens is 1. The summed E-state index contributed by atoms with van der Waals surface area (Å²) >= 11 is 1.59. The highest BCUT2D eigenvalue weighted by atomic mass is 32.1. The van der Waals surface area contributed by atoms with Crippen molar-refractivity contribution in [3.8, 4) is 0 Å². The Bertz CT molecular complexity index is 614. The van der Waals surface area contributed by atoms with Gasteiger partial charge in [-0.1, -0.05) is 0 Å². The maximum Gasteiger partial charge on any atom is 0.235 e. The van der Waals surface area contributed by atoms with Gasteiger partial charge >= 0.3 is 0 Å². The molecule has 0 bridgehead atoms. The minimum Gasteiger partial charge on any atom is -0.341 e. The minimum absolute atomic E-state index is 0.0553. The van der Waals surface area contributed by atoms with Crippen LogP contribution in [0.5, 0.6) is 0 Å². The number of amides is 2. The number of hydrogen-bond donors (Lipinski definition) is 0. The third-order valence-corrected chi connectivity index (χ3v) is 6.32. The highest BCUT2D eigenvalue weighted by molar-refractivity contribution is 7.08. The van der Waals surface area contributed by atoms with Crippen molar-refractivity contribution in [3.63, 3.8) is 0 Å². The zero-order valence-electron chi connectivity index (χ0n) is 13.0. The van der Waals surface area contributed by atoms with Crippen molar-refractivity contribution in [2.24, 2.45) is 11.3 Å². The van der Waals surface area contributed by atoms with Gasteiger partial charge < -0.3 is 9.80 Å². The molecule has 1 atom stereocenters. The average molecular weight is 336 g/mol. The van der Waals surface area contributed by atoms with Crippen molar-refractivity contribution >= 4 is 28.8 Å². The second-order valence-electron chi connectivity index (χ2n) is 7.10. The number of alkyl halides is 1. The molecule has 2 amide bonds. The maximum atomic E-state index is 13.0. The molecular weight excluding hydrogens is 315 g/mol. The highest BCUT2D eigenvalue weighted by Crippen LogP contribution is 2.43. The van der Waals surface area contributed by atoms with Gasteiger partial charge in [-0.2, -0.15) is 11.3 Å². The van der Waals surface area contributed by atoms with Gasteiger partial charge in [-0.05, 0) is 43.6 Å². The van der Waals surface area contributed by atoms with E-state index in [4.69, 9.17) is 0 Å². The molecule has 23 heavy (non-hydrogen) atoms. The molecule has 3 fully saturated rings. The Morgan fingerprint density at radius 1 is 1.30 bits per heavy atom. The summed E-state index contributed by atoms with van der Waals surface area (Å²) in [5.74, 6) is 0.0507. The molecule has 0 radical (unpaired) electrons. The first-order chi connectivity index (χ1) is 11.1. The van der Waals surface area contributed by atoms with E-state index >= 15 is 0 Å². The second kappa shape index (κ2) is 5.58. The Balaban J connectivity index is 1.48. The van der Waals surface area contributed by atoms with Gasteiger partial charge in [0.15, 0.2) is 0 Å². The van der Waals surface area contributed by atoms with E-state index < -0.39 is 11.6 Å². The Hall–Kier alpha value is -1.43. The molecule has 4 nitrogen and oxygen atoms in total. The fourth-order valence-corrected chi connectivity index (χ4v) is 4.83. The van der Waals surface area contributed by atoms with E-state index in [9.17, 15) is 14.0 Å². The zero-order valence-corrected chi connectivity index (χ0v) is 13.9. The molecule has 1 spiro atoms. The molecule has 3 heterocycles. The minimum atomic E-state index is -0.815. The van der Waals surface area contributed by atoms with Crippen molar-refractivity contribution < 1.29 is 14.0 Å². The number of carbonyl (C=O) groups excluding carboxylic acids is 2. The normalized spacial score (nSPS) is 34.0. The fourth-order valence-electron chi connectivity index (χ4n) is 4.18. The SMILES string of the molecule is O=C(C1CC(F)C1)N1CCC[C@]2(CCN(c3ccsc3)C2=O)C1. The first kappa shape index (κ1) is 15.1. The number of rotatable bonds is 2. The Morgan fingerprint density at radius 3 is 2.83 bits per heavy atom. The van der Waals surface area contributed by atoms with Crippen molar-refractivity contribution in [2.45, 2.75) is 38.3 Å². The van der Waals surface area contributed by atoms with Gasteiger partial charge in [0.25, 0.3) is 0 Å². The fraction of sp³-hybridized carbons (Fsp3) is 0.647. The number of hydrogen-bond acceptors (Lipinski definition) is 3. The lowest BCUT2D eigenvalue weighted by atomic mass is 9.76. The van der Waals surface area contributed by atoms with Gasteiger partial charge in [0.05, 0.1) is 11.1 Å². The van der Waals surface area contributed by atoms with E-state index in [0.717, 1.165) is 31.5 Å². The summed E-state index contributed by atoms with van der Waals surface area (Å²) in [6.45, 7) is 1.95. The first-order valence-electron chi connectivity index (χ1n) is 8.36. The van der Waals surface area contributed by atoms with Crippen LogP contribution in [0.2, 0.25) is 0 Å². The molecule has 0 unspecified atom stereocenters. The van der Waals surface area contributed by atoms with Crippen molar-refractivity contribution in [2.75, 3.05) is 24.5 Å². The third kappa shape index (κ3) is 2.47. The van der Waals surface area contributed by atoms with E-state index in [0.29, 0.717) is 25.9 Å². The molecule has 1 aliphatic carbocycles. The Labute approximate surface area is 139 Å². The van der Waals surface area contributed by atoms with Crippen LogP contribution in [0.15, 0.2) is 16.8 Å². The average Bonchev–Trinajstić information content (AvgIpc) is 3.14. The van der Waals surface area contributed by atoms with Crippen LogP contribution in [-0.2, 0) is 9.59 Å². The summed E-state index contributed by atoms with van der Waals surface area (Å²) in [5.41, 5.74) is 0.550. The van der Waals surface area contributed by atoms with E-state index in [1.54, 1.807) is 11.3 Å². The lowest BCUT2D eigenvalue weighted by molar-refractivity contribution is -0.146. The number of thiophene rings is 1. The quantitative estimate of drug-likeness (QED) is 0.833. The van der Waals surface area contributed by atoms with Gasteiger partial charge in [0.1, 0.15) is 6.17 Å². The zero-order chi connectivity index (χ0) is 16.0. The molecular formula is C17H21FN2O2S. The van der Waals surface area contributed by atoms with Crippen LogP contribution in [0.1, 0.15) is 32.1 Å². The topological polar surface area (TPSA) is 40.6 Å². The van der Waals surface area contributed by atoms with E-state index in [-0.39, 0.29) is 17.7 Å². The summed E-state index contributed by atoms with van der Waals surface area (Å²) in [4.78, 5) is 29.2. The summed E-state index contributed by atoms with van der Waals surface area (Å²) < 4.78 is 13.0. The van der Waals surface area contributed by atoms with Gasteiger partial charge in [-0.25, -0.2) is 4.39 Å². The van der Waals surface area contributed by atoms with Crippen LogP contribution in [0.4, 0.5) is 10.1 Å². The molecule has 6 heteroatoms. The number of nitrogens with zero attached hydrogens (tertiary/aromatic N) is 2. The standard InChI is InChI=1S/C17H21FN2O2S/c18-13-8-12(9-13)15(21)19-5-1-3-17(11-19)4-6-20(16(17)22)14-2-7-23-10-14/h2,7,10,12-13H,1,3-6,8-9,11H2/t12?,13?,17-/m0/s1. The second-order valence-corrected chi connectivity index (χ2v) is 7.88. The van der Waals surface area contributed by atoms with Crippen LogP contribution >= 0.6 is 11.3 Å². The van der Waals surface area contributed by atoms with Gasteiger partial charge in [-0.15, -0.1) is 0 Å². The molecule has 0 aromatic carbocycles. The van der Waals surface area contributed by atoms with Crippen LogP contribution in [0.3, 0.4) is 0 Å². The third-order valence-electron chi connectivity index (χ3n) is 5.65. The molecule has 1 aromatic rings. The van der Waals surface area contributed by atoms with Gasteiger partial charge in [0, 0.05) is 30.9 Å². The molecule has 0 N–H and O–H groups in total. The largest absolute Gasteiger partial charge is 0.341 e. The number of carbonyl (C=O) groups is 2. The van der Waals surface area contributed by atoms with Gasteiger partial charge in [0.2, 0.25) is 11.8 Å². The number of anilines is 1. The predicted molar refractivity (Wildman–Crippen MR) is 87.2 cm³/mol. The molecule has 2 aliphatic heterocycles. The highest BCUT2D eigenvalue weighted by Gasteiger charge is 2.51. The predicted octanol–water partition coefficient (Wildman–Crippen LogP) is 2.84. The molecule has 124 valence electrons. The smallest absolute Gasteiger partial charge is 0.235 e. The molecule has 3 aliphatic rings. The van der Waals surface area contributed by atoms with Crippen molar-refractivity contribution in [3.05, 3.63) is 16.8 Å². The number of piperidine rings is 1. The maximum absolute atomic E-state index is 13.0. The molecule has 1 aromatic heterocycles. The lowest BCUT2D eigenvalue weighted by Gasteiger charge is -2.42. The Kier molecular flexibility index (Phi) is 3.67. The summed E-state index contributed by atoms with van der Waals surface area (Å²) in [7, 11) is 0. The van der Waals surface area contributed by atoms with Crippen LogP contribution in [0.25, 0.3) is 0 Å². The van der Waals surface area contributed by atoms with Crippen LogP contribution in [-0.4, -0.2) is 42.5 Å². The van der Waals surface area contributed by atoms with Crippen LogP contribution in [0, 0.1) is 11.3 Å². The summed E-state index contributed by atoms with van der Waals surface area (Å²) in [6, 6.07) is 1.98. The monoisotopic (exact) mass is 336 g/mol. The molecule has 2 saturated heterocycles. The van der Waals surface area contributed by atoms with E-state index in [2.05, 4.69) is 0 Å².